The van der Waals surface area contributed by atoms with E-state index >= 15 is 0 Å². The van der Waals surface area contributed by atoms with Crippen molar-refractivity contribution in [3.63, 3.8) is 0 Å². The molecule has 1 N–H and O–H groups in total. The van der Waals surface area contributed by atoms with E-state index in [1.54, 1.807) is 14.0 Å². The Balaban J connectivity index is 1.82. The molecule has 0 spiro atoms. The molecular weight excluding hydrogens is 286 g/mol. The lowest BCUT2D eigenvalue weighted by Crippen LogP contribution is -2.46. The number of ether oxygens (including phenoxy) is 1. The number of aliphatic imine (C=N–C) groups is 1. The number of nitrogens with zero attached hydrogens (tertiary/aromatic N) is 4. The van der Waals surface area contributed by atoms with E-state index < -0.39 is 0 Å². The summed E-state index contributed by atoms with van der Waals surface area (Å²) >= 11 is 0. The van der Waals surface area contributed by atoms with Crippen LogP contribution in [0.2, 0.25) is 0 Å². The molecule has 1 aromatic rings. The van der Waals surface area contributed by atoms with E-state index in [2.05, 4.69) is 25.3 Å². The molecule has 22 heavy (non-hydrogen) atoms. The van der Waals surface area contributed by atoms with Crippen LogP contribution in [0.1, 0.15) is 31.5 Å². The lowest BCUT2D eigenvalue weighted by molar-refractivity contribution is -0.149. The Morgan fingerprint density at radius 2 is 2.23 bits per heavy atom. The van der Waals surface area contributed by atoms with Gasteiger partial charge in [0.05, 0.1) is 19.1 Å². The van der Waals surface area contributed by atoms with Gasteiger partial charge in [-0.1, -0.05) is 5.16 Å². The van der Waals surface area contributed by atoms with Gasteiger partial charge in [0, 0.05) is 27.1 Å². The number of nitrogens with one attached hydrogen (secondary N) is 1. The van der Waals surface area contributed by atoms with Crippen LogP contribution in [0, 0.1) is 12.8 Å². The van der Waals surface area contributed by atoms with Crippen molar-refractivity contribution in [3.8, 4) is 0 Å². The Morgan fingerprint density at radius 3 is 2.77 bits per heavy atom. The van der Waals surface area contributed by atoms with E-state index in [9.17, 15) is 4.79 Å². The molecule has 0 atom stereocenters. The second-order valence-corrected chi connectivity index (χ2v) is 5.14. The first-order chi connectivity index (χ1) is 10.6. The number of guanidine groups is 1. The molecule has 1 aliphatic rings. The van der Waals surface area contributed by atoms with E-state index in [4.69, 9.17) is 9.26 Å². The molecule has 0 aliphatic carbocycles. The molecule has 1 fully saturated rings. The van der Waals surface area contributed by atoms with Gasteiger partial charge in [0.15, 0.2) is 11.8 Å². The maximum absolute atomic E-state index is 11.7. The Bertz CT molecular complexity index is 520. The van der Waals surface area contributed by atoms with Crippen molar-refractivity contribution < 1.29 is 14.1 Å². The monoisotopic (exact) mass is 309 g/mol. The number of carbonyl (C=O) groups excluding carboxylic acids is 1. The molecule has 0 saturated carbocycles. The van der Waals surface area contributed by atoms with Gasteiger partial charge in [-0.2, -0.15) is 4.98 Å². The van der Waals surface area contributed by atoms with Gasteiger partial charge in [-0.25, -0.2) is 0 Å². The maximum atomic E-state index is 11.7. The van der Waals surface area contributed by atoms with Crippen molar-refractivity contribution in [2.75, 3.05) is 26.7 Å². The van der Waals surface area contributed by atoms with Crippen molar-refractivity contribution in [1.82, 2.24) is 20.4 Å². The second kappa shape index (κ2) is 7.77. The van der Waals surface area contributed by atoms with Crippen LogP contribution in [0.25, 0.3) is 0 Å². The summed E-state index contributed by atoms with van der Waals surface area (Å²) in [6.07, 6.45) is 1.56. The summed E-state index contributed by atoms with van der Waals surface area (Å²) < 4.78 is 10.0. The van der Waals surface area contributed by atoms with Crippen molar-refractivity contribution in [2.24, 2.45) is 10.9 Å². The summed E-state index contributed by atoms with van der Waals surface area (Å²) in [5.74, 6) is 1.83. The number of aromatic nitrogens is 2. The number of hydrogen-bond donors (Lipinski definition) is 1. The van der Waals surface area contributed by atoms with Crippen molar-refractivity contribution in [1.29, 1.82) is 0 Å². The fourth-order valence-corrected chi connectivity index (χ4v) is 2.49. The number of rotatable bonds is 4. The molecule has 0 radical (unpaired) electrons. The minimum absolute atomic E-state index is 0.00540. The normalized spacial score (nSPS) is 16.7. The van der Waals surface area contributed by atoms with Crippen LogP contribution in [0.4, 0.5) is 0 Å². The lowest BCUT2D eigenvalue weighted by atomic mass is 9.97. The van der Waals surface area contributed by atoms with Gasteiger partial charge in [-0.3, -0.25) is 9.79 Å². The van der Waals surface area contributed by atoms with E-state index in [1.165, 1.54) is 0 Å². The molecule has 8 nitrogen and oxygen atoms in total. The lowest BCUT2D eigenvalue weighted by Gasteiger charge is -2.33. The summed E-state index contributed by atoms with van der Waals surface area (Å²) in [4.78, 5) is 22.3. The minimum atomic E-state index is -0.0904. The summed E-state index contributed by atoms with van der Waals surface area (Å²) in [5.41, 5.74) is 0. The number of hydrogen-bond acceptors (Lipinski definition) is 6. The molecule has 1 aromatic heterocycles. The largest absolute Gasteiger partial charge is 0.466 e. The third-order valence-corrected chi connectivity index (χ3v) is 3.60. The van der Waals surface area contributed by atoms with Gasteiger partial charge in [0.1, 0.15) is 0 Å². The maximum Gasteiger partial charge on any atom is 0.309 e. The predicted molar refractivity (Wildman–Crippen MR) is 80.2 cm³/mol. The van der Waals surface area contributed by atoms with Crippen molar-refractivity contribution in [2.45, 2.75) is 33.2 Å². The van der Waals surface area contributed by atoms with Crippen molar-refractivity contribution in [3.05, 3.63) is 11.7 Å². The Hall–Kier alpha value is -2.12. The highest BCUT2D eigenvalue weighted by Gasteiger charge is 2.27. The van der Waals surface area contributed by atoms with Crippen LogP contribution < -0.4 is 5.32 Å². The molecule has 1 saturated heterocycles. The zero-order valence-electron chi connectivity index (χ0n) is 13.3. The van der Waals surface area contributed by atoms with Crippen molar-refractivity contribution >= 4 is 11.9 Å². The van der Waals surface area contributed by atoms with E-state index in [0.717, 1.165) is 31.9 Å². The van der Waals surface area contributed by atoms with Gasteiger partial charge in [0.25, 0.3) is 0 Å². The highest BCUT2D eigenvalue weighted by Crippen LogP contribution is 2.18. The second-order valence-electron chi connectivity index (χ2n) is 5.14. The Kier molecular flexibility index (Phi) is 5.74. The zero-order valence-corrected chi connectivity index (χ0v) is 13.3. The zero-order chi connectivity index (χ0) is 15.9. The average molecular weight is 309 g/mol. The molecule has 1 aliphatic heterocycles. The molecule has 0 aromatic carbocycles. The number of carbonyl (C=O) groups is 1. The van der Waals surface area contributed by atoms with Gasteiger partial charge in [-0.05, 0) is 19.8 Å². The smallest absolute Gasteiger partial charge is 0.309 e. The third kappa shape index (κ3) is 4.19. The van der Waals surface area contributed by atoms with Gasteiger partial charge >= 0.3 is 5.97 Å². The number of aryl methyl sites for hydroxylation is 1. The molecular formula is C14H23N5O3. The first-order valence-electron chi connectivity index (χ1n) is 7.55. The van der Waals surface area contributed by atoms with Gasteiger partial charge in [-0.15, -0.1) is 0 Å². The number of esters is 1. The topological polar surface area (TPSA) is 92.8 Å². The van der Waals surface area contributed by atoms with E-state index in [1.807, 2.05) is 6.92 Å². The summed E-state index contributed by atoms with van der Waals surface area (Å²) in [5, 5.41) is 7.05. The summed E-state index contributed by atoms with van der Waals surface area (Å²) in [7, 11) is 1.74. The van der Waals surface area contributed by atoms with Crippen LogP contribution >= 0.6 is 0 Å². The minimum Gasteiger partial charge on any atom is -0.466 e. The molecule has 0 amide bonds. The van der Waals surface area contributed by atoms with Gasteiger partial charge < -0.3 is 19.5 Å². The molecule has 2 heterocycles. The summed E-state index contributed by atoms with van der Waals surface area (Å²) in [6, 6.07) is 0. The molecule has 8 heteroatoms. The first kappa shape index (κ1) is 16.3. The Labute approximate surface area is 129 Å². The van der Waals surface area contributed by atoms with Crippen LogP contribution in [0.5, 0.6) is 0 Å². The SMILES string of the molecule is CCOC(=O)C1CCN(C(=NC)NCc2noc(C)n2)CC1. The quantitative estimate of drug-likeness (QED) is 0.498. The summed E-state index contributed by atoms with van der Waals surface area (Å²) in [6.45, 7) is 6.03. The molecule has 2 rings (SSSR count). The van der Waals surface area contributed by atoms with Gasteiger partial charge in [0.2, 0.25) is 5.89 Å². The Morgan fingerprint density at radius 1 is 1.50 bits per heavy atom. The average Bonchev–Trinajstić information content (AvgIpc) is 2.94. The van der Waals surface area contributed by atoms with Crippen LogP contribution in [-0.4, -0.2) is 53.7 Å². The number of likely N-dealkylation sites (tertiary alicyclic amines) is 1. The van der Waals surface area contributed by atoms with Crippen LogP contribution in [0.15, 0.2) is 9.52 Å². The highest BCUT2D eigenvalue weighted by atomic mass is 16.5. The first-order valence-corrected chi connectivity index (χ1v) is 7.55. The van der Waals surface area contributed by atoms with Crippen LogP contribution in [-0.2, 0) is 16.1 Å². The van der Waals surface area contributed by atoms with Crippen LogP contribution in [0.3, 0.4) is 0 Å². The molecule has 0 bridgehead atoms. The fraction of sp³-hybridized carbons (Fsp3) is 0.714. The molecule has 0 unspecified atom stereocenters. The molecule has 122 valence electrons. The number of piperidine rings is 1. The third-order valence-electron chi connectivity index (χ3n) is 3.60. The van der Waals surface area contributed by atoms with E-state index in [0.29, 0.717) is 24.9 Å². The predicted octanol–water partition coefficient (Wildman–Crippen LogP) is 0.729. The van der Waals surface area contributed by atoms with E-state index in [-0.39, 0.29) is 11.9 Å². The standard InChI is InChI=1S/C14H23N5O3/c1-4-21-13(20)11-5-7-19(8-6-11)14(15-3)16-9-12-17-10(2)22-18-12/h11H,4-9H2,1-3H3,(H,15,16). The fourth-order valence-electron chi connectivity index (χ4n) is 2.49. The highest BCUT2D eigenvalue weighted by molar-refractivity contribution is 5.80.